The first kappa shape index (κ1) is 13.3. The lowest BCUT2D eigenvalue weighted by Crippen LogP contribution is -2.26. The fourth-order valence-electron chi connectivity index (χ4n) is 1.02. The topological polar surface area (TPSA) is 77.2 Å². The molecular weight excluding hydrogens is 239 g/mol. The van der Waals surface area contributed by atoms with E-state index in [-0.39, 0.29) is 24.5 Å². The summed E-state index contributed by atoms with van der Waals surface area (Å²) in [5, 5.41) is 0. The van der Waals surface area contributed by atoms with Crippen molar-refractivity contribution in [1.82, 2.24) is 15.0 Å². The summed E-state index contributed by atoms with van der Waals surface area (Å²) in [5.74, 6) is -0.0655. The highest BCUT2D eigenvalue weighted by atomic mass is 19.4. The second-order valence-electron chi connectivity index (χ2n) is 3.27. The quantitative estimate of drug-likeness (QED) is 0.854. The van der Waals surface area contributed by atoms with Gasteiger partial charge in [-0.25, -0.2) is 0 Å². The minimum Gasteiger partial charge on any atom is -0.467 e. The summed E-state index contributed by atoms with van der Waals surface area (Å²) in [7, 11) is 2.76. The third-order valence-corrected chi connectivity index (χ3v) is 1.88. The lowest BCUT2D eigenvalue weighted by atomic mass is 10.4. The summed E-state index contributed by atoms with van der Waals surface area (Å²) in [6.45, 7) is -0.268. The smallest absolute Gasteiger partial charge is 0.390 e. The number of hydrogen-bond donors (Lipinski definition) is 1. The summed E-state index contributed by atoms with van der Waals surface area (Å²) in [5.41, 5.74) is 5.36. The number of halogens is 3. The number of methoxy groups -OCH3 is 1. The van der Waals surface area contributed by atoms with Gasteiger partial charge in [-0.3, -0.25) is 0 Å². The van der Waals surface area contributed by atoms with Crippen molar-refractivity contribution in [2.24, 2.45) is 0 Å². The van der Waals surface area contributed by atoms with Crippen LogP contribution in [0, 0.1) is 0 Å². The zero-order chi connectivity index (χ0) is 13.1. The van der Waals surface area contributed by atoms with E-state index in [9.17, 15) is 13.2 Å². The van der Waals surface area contributed by atoms with Crippen molar-refractivity contribution in [3.05, 3.63) is 0 Å². The fraction of sp³-hybridized carbons (Fsp3) is 0.625. The van der Waals surface area contributed by atoms with Crippen LogP contribution in [-0.4, -0.2) is 41.8 Å². The van der Waals surface area contributed by atoms with Crippen molar-refractivity contribution >= 4 is 11.9 Å². The van der Waals surface area contributed by atoms with E-state index in [1.165, 1.54) is 19.1 Å². The molecule has 2 N–H and O–H groups in total. The second kappa shape index (κ2) is 5.02. The predicted molar refractivity (Wildman–Crippen MR) is 54.7 cm³/mol. The minimum absolute atomic E-state index is 0.0358. The van der Waals surface area contributed by atoms with E-state index < -0.39 is 12.6 Å². The minimum atomic E-state index is -4.23. The summed E-state index contributed by atoms with van der Waals surface area (Å²) in [4.78, 5) is 12.4. The molecule has 6 nitrogen and oxygen atoms in total. The Balaban J connectivity index is 2.74. The first-order valence-corrected chi connectivity index (χ1v) is 4.65. The van der Waals surface area contributed by atoms with Crippen LogP contribution in [0.3, 0.4) is 0 Å². The Bertz CT molecular complexity index is 384. The van der Waals surface area contributed by atoms with Gasteiger partial charge >= 0.3 is 12.2 Å². The Morgan fingerprint density at radius 3 is 2.47 bits per heavy atom. The summed E-state index contributed by atoms with van der Waals surface area (Å²) in [6, 6.07) is -0.0358. The van der Waals surface area contributed by atoms with Gasteiger partial charge in [0, 0.05) is 13.6 Å². The number of nitrogens with zero attached hydrogens (tertiary/aromatic N) is 4. The molecule has 0 saturated carbocycles. The maximum absolute atomic E-state index is 12.0. The number of hydrogen-bond acceptors (Lipinski definition) is 6. The Hall–Kier alpha value is -1.80. The molecule has 0 atom stereocenters. The molecule has 0 aliphatic rings. The SMILES string of the molecule is COc1nc(N)nc(N(C)CCC(F)(F)F)n1. The lowest BCUT2D eigenvalue weighted by molar-refractivity contribution is -0.132. The molecule has 96 valence electrons. The number of anilines is 2. The molecule has 9 heteroatoms. The van der Waals surface area contributed by atoms with E-state index in [4.69, 9.17) is 10.5 Å². The van der Waals surface area contributed by atoms with Crippen LogP contribution >= 0.6 is 0 Å². The largest absolute Gasteiger partial charge is 0.467 e. The highest BCUT2D eigenvalue weighted by Gasteiger charge is 2.27. The van der Waals surface area contributed by atoms with Gasteiger partial charge in [-0.05, 0) is 0 Å². The van der Waals surface area contributed by atoms with Crippen LogP contribution in [0.4, 0.5) is 25.1 Å². The lowest BCUT2D eigenvalue weighted by Gasteiger charge is -2.18. The van der Waals surface area contributed by atoms with Crippen LogP contribution < -0.4 is 15.4 Å². The summed E-state index contributed by atoms with van der Waals surface area (Å²) >= 11 is 0. The molecule has 0 aliphatic carbocycles. The van der Waals surface area contributed by atoms with Crippen molar-refractivity contribution in [2.75, 3.05) is 31.3 Å². The van der Waals surface area contributed by atoms with E-state index in [1.807, 2.05) is 0 Å². The van der Waals surface area contributed by atoms with Crippen molar-refractivity contribution in [3.63, 3.8) is 0 Å². The van der Waals surface area contributed by atoms with E-state index >= 15 is 0 Å². The third-order valence-electron chi connectivity index (χ3n) is 1.88. The van der Waals surface area contributed by atoms with Crippen LogP contribution in [0.25, 0.3) is 0 Å². The average molecular weight is 251 g/mol. The van der Waals surface area contributed by atoms with Gasteiger partial charge in [0.2, 0.25) is 11.9 Å². The molecule has 0 spiro atoms. The Labute approximate surface area is 95.6 Å². The molecule has 1 heterocycles. The first-order valence-electron chi connectivity index (χ1n) is 4.65. The molecule has 1 aromatic rings. The van der Waals surface area contributed by atoms with Crippen LogP contribution in [0.1, 0.15) is 6.42 Å². The number of ether oxygens (including phenoxy) is 1. The van der Waals surface area contributed by atoms with Gasteiger partial charge in [0.15, 0.2) is 0 Å². The average Bonchev–Trinajstić information content (AvgIpc) is 2.23. The van der Waals surface area contributed by atoms with Gasteiger partial charge in [-0.1, -0.05) is 0 Å². The molecule has 0 radical (unpaired) electrons. The highest BCUT2D eigenvalue weighted by Crippen LogP contribution is 2.21. The monoisotopic (exact) mass is 251 g/mol. The summed E-state index contributed by atoms with van der Waals surface area (Å²) in [6.07, 6.45) is -5.19. The third kappa shape index (κ3) is 4.29. The van der Waals surface area contributed by atoms with Gasteiger partial charge in [0.1, 0.15) is 0 Å². The molecule has 1 rings (SSSR count). The number of nitrogen functional groups attached to an aromatic ring is 1. The molecule has 0 saturated heterocycles. The molecule has 0 aromatic carbocycles. The van der Waals surface area contributed by atoms with Crippen LogP contribution in [0.5, 0.6) is 6.01 Å². The predicted octanol–water partition coefficient (Wildman–Crippen LogP) is 0.851. The number of nitrogens with two attached hydrogens (primary N) is 1. The molecule has 0 fully saturated rings. The van der Waals surface area contributed by atoms with Crippen molar-refractivity contribution in [1.29, 1.82) is 0 Å². The molecule has 0 amide bonds. The molecule has 17 heavy (non-hydrogen) atoms. The fourth-order valence-corrected chi connectivity index (χ4v) is 1.02. The molecule has 0 aliphatic heterocycles. The first-order chi connectivity index (χ1) is 7.81. The van der Waals surface area contributed by atoms with Gasteiger partial charge < -0.3 is 15.4 Å². The van der Waals surface area contributed by atoms with Crippen molar-refractivity contribution in [2.45, 2.75) is 12.6 Å². The normalized spacial score (nSPS) is 11.4. The van der Waals surface area contributed by atoms with Crippen molar-refractivity contribution in [3.8, 4) is 6.01 Å². The molecular formula is C8H12F3N5O. The molecule has 0 unspecified atom stereocenters. The Kier molecular flexibility index (Phi) is 3.92. The maximum Gasteiger partial charge on any atom is 0.390 e. The number of aromatic nitrogens is 3. The maximum atomic E-state index is 12.0. The van der Waals surface area contributed by atoms with E-state index in [2.05, 4.69) is 15.0 Å². The van der Waals surface area contributed by atoms with Crippen LogP contribution in [-0.2, 0) is 0 Å². The molecule has 0 bridgehead atoms. The van der Waals surface area contributed by atoms with Gasteiger partial charge in [0.25, 0.3) is 0 Å². The number of alkyl halides is 3. The van der Waals surface area contributed by atoms with E-state index in [0.29, 0.717) is 0 Å². The zero-order valence-corrected chi connectivity index (χ0v) is 9.32. The zero-order valence-electron chi connectivity index (χ0n) is 9.32. The van der Waals surface area contributed by atoms with E-state index in [1.54, 1.807) is 0 Å². The van der Waals surface area contributed by atoms with Crippen molar-refractivity contribution < 1.29 is 17.9 Å². The Morgan fingerprint density at radius 2 is 1.94 bits per heavy atom. The summed E-state index contributed by atoms with van der Waals surface area (Å²) < 4.78 is 40.8. The van der Waals surface area contributed by atoms with Crippen LogP contribution in [0.15, 0.2) is 0 Å². The number of rotatable bonds is 4. The van der Waals surface area contributed by atoms with Gasteiger partial charge in [-0.15, -0.1) is 0 Å². The van der Waals surface area contributed by atoms with E-state index in [0.717, 1.165) is 0 Å². The molecule has 1 aromatic heterocycles. The van der Waals surface area contributed by atoms with Gasteiger partial charge in [-0.2, -0.15) is 28.1 Å². The van der Waals surface area contributed by atoms with Gasteiger partial charge in [0.05, 0.1) is 13.5 Å². The highest BCUT2D eigenvalue weighted by molar-refractivity contribution is 5.34. The Morgan fingerprint density at radius 1 is 1.29 bits per heavy atom. The second-order valence-corrected chi connectivity index (χ2v) is 3.27. The standard InChI is InChI=1S/C8H12F3N5O/c1-16(4-3-8(9,10)11)6-13-5(12)14-7(15-6)17-2/h3-4H2,1-2H3,(H2,12,13,14,15). The van der Waals surface area contributed by atoms with Crippen LogP contribution in [0.2, 0.25) is 0 Å².